The van der Waals surface area contributed by atoms with Gasteiger partial charge in [-0.25, -0.2) is 8.78 Å². The summed E-state index contributed by atoms with van der Waals surface area (Å²) in [5.74, 6) is -3.66. The summed E-state index contributed by atoms with van der Waals surface area (Å²) in [7, 11) is 1.88. The standard InChI is InChI=1S/C21H22F2N4O4/c1-11-5-6-25(2)16-10-26-9-14(18(28)19(29)17(26)21(31)27(11)16)20(30)24-8-12-3-4-13(22)7-15(12)23/h3-4,7,9,11,16,29H,5-6,8,10H2,1-2H3,(H,24,30)/t11-,16+/m0/s1. The second kappa shape index (κ2) is 7.77. The lowest BCUT2D eigenvalue weighted by molar-refractivity contribution is -0.0209. The summed E-state index contributed by atoms with van der Waals surface area (Å²) in [6, 6.07) is 2.89. The number of nitrogens with one attached hydrogen (secondary N) is 1. The normalized spacial score (nSPS) is 20.9. The molecule has 0 bridgehead atoms. The van der Waals surface area contributed by atoms with E-state index in [0.717, 1.165) is 19.0 Å². The molecule has 1 aromatic carbocycles. The number of rotatable bonds is 3. The van der Waals surface area contributed by atoms with Crippen LogP contribution in [0.4, 0.5) is 8.78 Å². The molecule has 1 aromatic heterocycles. The zero-order chi connectivity index (χ0) is 22.4. The Labute approximate surface area is 176 Å². The molecule has 31 heavy (non-hydrogen) atoms. The molecule has 1 fully saturated rings. The zero-order valence-electron chi connectivity index (χ0n) is 17.1. The molecule has 10 heteroatoms. The third-order valence-electron chi connectivity index (χ3n) is 5.96. The van der Waals surface area contributed by atoms with Crippen LogP contribution in [0.2, 0.25) is 0 Å². The number of benzene rings is 1. The van der Waals surface area contributed by atoms with E-state index in [1.165, 1.54) is 16.8 Å². The fourth-order valence-corrected chi connectivity index (χ4v) is 4.16. The third kappa shape index (κ3) is 3.56. The van der Waals surface area contributed by atoms with Gasteiger partial charge in [-0.3, -0.25) is 19.3 Å². The van der Waals surface area contributed by atoms with Crippen molar-refractivity contribution in [3.8, 4) is 5.75 Å². The monoisotopic (exact) mass is 432 g/mol. The number of carbonyl (C=O) groups is 2. The van der Waals surface area contributed by atoms with Crippen molar-refractivity contribution in [2.24, 2.45) is 0 Å². The molecule has 2 N–H and O–H groups in total. The van der Waals surface area contributed by atoms with Crippen molar-refractivity contribution in [2.75, 3.05) is 13.6 Å². The van der Waals surface area contributed by atoms with Gasteiger partial charge in [-0.1, -0.05) is 6.07 Å². The van der Waals surface area contributed by atoms with Crippen molar-refractivity contribution in [1.82, 2.24) is 19.7 Å². The van der Waals surface area contributed by atoms with E-state index in [-0.39, 0.29) is 42.1 Å². The lowest BCUT2D eigenvalue weighted by Gasteiger charge is -2.49. The minimum atomic E-state index is -0.979. The van der Waals surface area contributed by atoms with E-state index in [0.29, 0.717) is 6.07 Å². The Hall–Kier alpha value is -3.27. The Balaban J connectivity index is 1.64. The van der Waals surface area contributed by atoms with Gasteiger partial charge in [0.2, 0.25) is 5.43 Å². The summed E-state index contributed by atoms with van der Waals surface area (Å²) in [5.41, 5.74) is -1.45. The summed E-state index contributed by atoms with van der Waals surface area (Å²) >= 11 is 0. The minimum absolute atomic E-state index is 0.0423. The number of fused-ring (bicyclic) bond motifs is 2. The molecule has 0 aliphatic carbocycles. The second-order valence-corrected chi connectivity index (χ2v) is 7.95. The van der Waals surface area contributed by atoms with Crippen LogP contribution in [-0.4, -0.2) is 57.1 Å². The van der Waals surface area contributed by atoms with Crippen LogP contribution in [0.1, 0.15) is 39.8 Å². The number of aromatic nitrogens is 1. The van der Waals surface area contributed by atoms with Crippen molar-refractivity contribution in [2.45, 2.75) is 38.6 Å². The van der Waals surface area contributed by atoms with Gasteiger partial charge in [0.05, 0.1) is 6.54 Å². The van der Waals surface area contributed by atoms with Crippen LogP contribution in [0, 0.1) is 11.6 Å². The van der Waals surface area contributed by atoms with E-state index in [2.05, 4.69) is 5.32 Å². The molecule has 2 aliphatic rings. The molecule has 0 saturated carbocycles. The summed E-state index contributed by atoms with van der Waals surface area (Å²) < 4.78 is 28.3. The predicted octanol–water partition coefficient (Wildman–Crippen LogP) is 1.27. The lowest BCUT2D eigenvalue weighted by Crippen LogP contribution is -2.62. The number of nitrogens with zero attached hydrogens (tertiary/aromatic N) is 3. The van der Waals surface area contributed by atoms with Gasteiger partial charge in [-0.15, -0.1) is 0 Å². The Morgan fingerprint density at radius 1 is 1.29 bits per heavy atom. The molecule has 0 spiro atoms. The van der Waals surface area contributed by atoms with E-state index in [4.69, 9.17) is 0 Å². The molecule has 2 aliphatic heterocycles. The summed E-state index contributed by atoms with van der Waals surface area (Å²) in [6.45, 7) is 2.71. The van der Waals surface area contributed by atoms with Crippen LogP contribution in [0.25, 0.3) is 0 Å². The van der Waals surface area contributed by atoms with Crippen LogP contribution in [0.15, 0.2) is 29.2 Å². The highest BCUT2D eigenvalue weighted by Crippen LogP contribution is 2.30. The third-order valence-corrected chi connectivity index (χ3v) is 5.96. The molecule has 3 heterocycles. The van der Waals surface area contributed by atoms with Crippen LogP contribution < -0.4 is 10.7 Å². The maximum Gasteiger partial charge on any atom is 0.276 e. The molecule has 1 saturated heterocycles. The molecule has 8 nitrogen and oxygen atoms in total. The van der Waals surface area contributed by atoms with Gasteiger partial charge in [0, 0.05) is 37.0 Å². The van der Waals surface area contributed by atoms with E-state index >= 15 is 0 Å². The highest BCUT2D eigenvalue weighted by molar-refractivity contribution is 5.99. The number of halogens is 2. The molecule has 2 atom stereocenters. The minimum Gasteiger partial charge on any atom is -0.503 e. The van der Waals surface area contributed by atoms with Crippen LogP contribution in [-0.2, 0) is 13.1 Å². The summed E-state index contributed by atoms with van der Waals surface area (Å²) in [5, 5.41) is 12.9. The van der Waals surface area contributed by atoms with Gasteiger partial charge in [-0.2, -0.15) is 0 Å². The smallest absolute Gasteiger partial charge is 0.276 e. The molecular formula is C21H22F2N4O4. The fraction of sp³-hybridized carbons (Fsp3) is 0.381. The van der Waals surface area contributed by atoms with Crippen LogP contribution in [0.3, 0.4) is 0 Å². The molecule has 164 valence electrons. The quantitative estimate of drug-likeness (QED) is 0.762. The van der Waals surface area contributed by atoms with E-state index in [1.54, 1.807) is 4.90 Å². The predicted molar refractivity (Wildman–Crippen MR) is 107 cm³/mol. The molecule has 2 aromatic rings. The molecule has 0 unspecified atom stereocenters. The number of likely N-dealkylation sites (N-methyl/N-ethyl adjacent to an activating group) is 1. The van der Waals surface area contributed by atoms with E-state index < -0.39 is 34.6 Å². The van der Waals surface area contributed by atoms with Crippen LogP contribution >= 0.6 is 0 Å². The molecule has 2 amide bonds. The fourth-order valence-electron chi connectivity index (χ4n) is 4.16. The summed E-state index contributed by atoms with van der Waals surface area (Å²) in [6.07, 6.45) is 1.75. The van der Waals surface area contributed by atoms with Crippen molar-refractivity contribution >= 4 is 11.8 Å². The maximum atomic E-state index is 13.8. The number of aromatic hydroxyl groups is 1. The molecular weight excluding hydrogens is 410 g/mol. The van der Waals surface area contributed by atoms with E-state index in [9.17, 15) is 28.3 Å². The molecule has 4 rings (SSSR count). The number of hydrogen-bond acceptors (Lipinski definition) is 5. The second-order valence-electron chi connectivity index (χ2n) is 7.95. The van der Waals surface area contributed by atoms with Gasteiger partial charge in [-0.05, 0) is 26.5 Å². The van der Waals surface area contributed by atoms with Gasteiger partial charge < -0.3 is 19.9 Å². The number of carbonyl (C=O) groups excluding carboxylic acids is 2. The number of hydrogen-bond donors (Lipinski definition) is 2. The lowest BCUT2D eigenvalue weighted by atomic mass is 10.0. The summed E-state index contributed by atoms with van der Waals surface area (Å²) in [4.78, 5) is 41.9. The van der Waals surface area contributed by atoms with Gasteiger partial charge >= 0.3 is 0 Å². The van der Waals surface area contributed by atoms with Crippen molar-refractivity contribution < 1.29 is 23.5 Å². The Kier molecular flexibility index (Phi) is 5.26. The number of amides is 2. The first-order valence-electron chi connectivity index (χ1n) is 9.90. The van der Waals surface area contributed by atoms with Crippen molar-refractivity contribution in [3.05, 3.63) is 63.1 Å². The average Bonchev–Trinajstić information content (AvgIpc) is 2.72. The van der Waals surface area contributed by atoms with Gasteiger partial charge in [0.1, 0.15) is 23.4 Å². The Morgan fingerprint density at radius 2 is 2.03 bits per heavy atom. The van der Waals surface area contributed by atoms with Crippen LogP contribution in [0.5, 0.6) is 5.75 Å². The Morgan fingerprint density at radius 3 is 2.74 bits per heavy atom. The topological polar surface area (TPSA) is 94.9 Å². The van der Waals surface area contributed by atoms with E-state index in [1.807, 2.05) is 18.9 Å². The largest absolute Gasteiger partial charge is 0.503 e. The highest BCUT2D eigenvalue weighted by Gasteiger charge is 2.42. The van der Waals surface area contributed by atoms with Crippen molar-refractivity contribution in [1.29, 1.82) is 0 Å². The Bertz CT molecular complexity index is 1130. The highest BCUT2D eigenvalue weighted by atomic mass is 19.1. The average molecular weight is 432 g/mol. The number of pyridine rings is 1. The zero-order valence-corrected chi connectivity index (χ0v) is 17.1. The SMILES string of the molecule is C[C@H]1CCN(C)[C@H]2Cn3cc(C(=O)NCc4ccc(F)cc4F)c(=O)c(O)c3C(=O)N21. The first-order chi connectivity index (χ1) is 14.7. The van der Waals surface area contributed by atoms with Gasteiger partial charge in [0.25, 0.3) is 11.8 Å². The first kappa shape index (κ1) is 21.0. The van der Waals surface area contributed by atoms with Gasteiger partial charge in [0.15, 0.2) is 11.4 Å². The molecule has 0 radical (unpaired) electrons. The van der Waals surface area contributed by atoms with Crippen molar-refractivity contribution in [3.63, 3.8) is 0 Å². The first-order valence-corrected chi connectivity index (χ1v) is 9.90. The maximum absolute atomic E-state index is 13.8.